The highest BCUT2D eigenvalue weighted by atomic mass is 14.8. The van der Waals surface area contributed by atoms with Crippen LogP contribution >= 0.6 is 0 Å². The molecule has 112 valence electrons. The summed E-state index contributed by atoms with van der Waals surface area (Å²) in [5.74, 6) is 0. The van der Waals surface area contributed by atoms with Crippen molar-refractivity contribution in [1.82, 2.24) is 0 Å². The lowest BCUT2D eigenvalue weighted by molar-refractivity contribution is 1.22. The van der Waals surface area contributed by atoms with Gasteiger partial charge in [0.25, 0.3) is 0 Å². The van der Waals surface area contributed by atoms with E-state index in [2.05, 4.69) is 84.2 Å². The van der Waals surface area contributed by atoms with E-state index in [1.54, 1.807) is 0 Å². The van der Waals surface area contributed by atoms with Gasteiger partial charge in [-0.3, -0.25) is 0 Å². The lowest BCUT2D eigenvalue weighted by Gasteiger charge is -2.11. The van der Waals surface area contributed by atoms with E-state index in [9.17, 15) is 0 Å². The Balaban J connectivity index is 1.87. The first-order valence-electron chi connectivity index (χ1n) is 8.01. The van der Waals surface area contributed by atoms with Crippen LogP contribution in [0.15, 0.2) is 78.9 Å². The Morgan fingerprint density at radius 3 is 2.09 bits per heavy atom. The molecule has 0 radical (unpaired) electrons. The zero-order valence-electron chi connectivity index (χ0n) is 13.2. The average Bonchev–Trinajstić information content (AvgIpc) is 2.62. The van der Waals surface area contributed by atoms with Crippen LogP contribution in [0.3, 0.4) is 0 Å². The summed E-state index contributed by atoms with van der Waals surface area (Å²) in [6.07, 6.45) is 0.954. The molecular formula is C22H19N. The molecule has 4 rings (SSSR count). The first-order valence-corrected chi connectivity index (χ1v) is 8.01. The number of rotatable bonds is 3. The summed E-state index contributed by atoms with van der Waals surface area (Å²) in [4.78, 5) is 0. The highest BCUT2D eigenvalue weighted by molar-refractivity contribution is 6.09. The van der Waals surface area contributed by atoms with Gasteiger partial charge in [0.2, 0.25) is 0 Å². The number of fused-ring (bicyclic) bond motifs is 3. The maximum absolute atomic E-state index is 3.17. The van der Waals surface area contributed by atoms with Gasteiger partial charge < -0.3 is 5.32 Å². The van der Waals surface area contributed by atoms with Gasteiger partial charge >= 0.3 is 0 Å². The summed E-state index contributed by atoms with van der Waals surface area (Å²) >= 11 is 0. The van der Waals surface area contributed by atoms with E-state index >= 15 is 0 Å². The molecule has 0 amide bonds. The zero-order chi connectivity index (χ0) is 15.6. The Labute approximate surface area is 136 Å². The second kappa shape index (κ2) is 5.77. The molecule has 4 aromatic rings. The highest BCUT2D eigenvalue weighted by Gasteiger charge is 2.07. The first kappa shape index (κ1) is 13.8. The number of nitrogens with one attached hydrogen (secondary N) is 1. The number of benzene rings is 4. The molecule has 1 heteroatoms. The molecule has 0 aromatic heterocycles. The molecule has 0 aliphatic heterocycles. The van der Waals surface area contributed by atoms with Crippen molar-refractivity contribution in [2.24, 2.45) is 0 Å². The molecule has 0 bridgehead atoms. The van der Waals surface area contributed by atoms with Gasteiger partial charge in [-0.05, 0) is 51.2 Å². The molecule has 23 heavy (non-hydrogen) atoms. The summed E-state index contributed by atoms with van der Waals surface area (Å²) < 4.78 is 0. The number of hydrogen-bond acceptors (Lipinski definition) is 1. The van der Waals surface area contributed by atoms with E-state index in [-0.39, 0.29) is 0 Å². The van der Waals surface area contributed by atoms with Crippen LogP contribution in [-0.4, -0.2) is 7.05 Å². The highest BCUT2D eigenvalue weighted by Crippen LogP contribution is 2.30. The molecule has 0 saturated heterocycles. The lowest BCUT2D eigenvalue weighted by Crippen LogP contribution is -1.93. The van der Waals surface area contributed by atoms with Crippen molar-refractivity contribution in [3.05, 3.63) is 90.0 Å². The van der Waals surface area contributed by atoms with Gasteiger partial charge in [0, 0.05) is 12.7 Å². The van der Waals surface area contributed by atoms with E-state index in [1.807, 2.05) is 7.05 Å². The molecular weight excluding hydrogens is 278 g/mol. The fraction of sp³-hybridized carbons (Fsp3) is 0.0909. The Hall–Kier alpha value is -2.80. The minimum Gasteiger partial charge on any atom is -0.388 e. The van der Waals surface area contributed by atoms with Crippen molar-refractivity contribution >= 4 is 27.2 Å². The van der Waals surface area contributed by atoms with E-state index in [4.69, 9.17) is 0 Å². The monoisotopic (exact) mass is 297 g/mol. The van der Waals surface area contributed by atoms with Crippen LogP contribution < -0.4 is 5.32 Å². The molecule has 1 N–H and O–H groups in total. The minimum atomic E-state index is 0.954. The van der Waals surface area contributed by atoms with Crippen LogP contribution in [0.2, 0.25) is 0 Å². The fourth-order valence-electron chi connectivity index (χ4n) is 3.29. The van der Waals surface area contributed by atoms with Gasteiger partial charge in [-0.2, -0.15) is 0 Å². The topological polar surface area (TPSA) is 12.0 Å². The summed E-state index contributed by atoms with van der Waals surface area (Å²) in [6, 6.07) is 28.4. The maximum Gasteiger partial charge on any atom is 0.0337 e. The predicted octanol–water partition coefficient (Wildman–Crippen LogP) is 5.63. The second-order valence-corrected chi connectivity index (χ2v) is 5.93. The van der Waals surface area contributed by atoms with Gasteiger partial charge in [-0.25, -0.2) is 0 Å². The minimum absolute atomic E-state index is 0.954. The molecule has 0 spiro atoms. The molecule has 4 aromatic carbocycles. The van der Waals surface area contributed by atoms with Gasteiger partial charge in [0.1, 0.15) is 0 Å². The van der Waals surface area contributed by atoms with Gasteiger partial charge in [0.05, 0.1) is 0 Å². The average molecular weight is 297 g/mol. The van der Waals surface area contributed by atoms with Crippen LogP contribution in [-0.2, 0) is 6.42 Å². The molecule has 0 fully saturated rings. The largest absolute Gasteiger partial charge is 0.388 e. The predicted molar refractivity (Wildman–Crippen MR) is 100 cm³/mol. The summed E-state index contributed by atoms with van der Waals surface area (Å²) in [5, 5.41) is 8.51. The summed E-state index contributed by atoms with van der Waals surface area (Å²) in [6.45, 7) is 0. The summed E-state index contributed by atoms with van der Waals surface area (Å²) in [7, 11) is 1.95. The fourth-order valence-corrected chi connectivity index (χ4v) is 3.29. The van der Waals surface area contributed by atoms with Crippen LogP contribution in [0.4, 0.5) is 5.69 Å². The van der Waals surface area contributed by atoms with E-state index in [1.165, 1.54) is 32.7 Å². The Morgan fingerprint density at radius 1 is 0.696 bits per heavy atom. The third-order valence-electron chi connectivity index (χ3n) is 4.49. The normalized spacial score (nSPS) is 11.0. The number of hydrogen-bond donors (Lipinski definition) is 1. The Kier molecular flexibility index (Phi) is 3.47. The van der Waals surface area contributed by atoms with Crippen LogP contribution in [0, 0.1) is 0 Å². The van der Waals surface area contributed by atoms with Crippen molar-refractivity contribution in [2.45, 2.75) is 6.42 Å². The molecule has 0 aliphatic carbocycles. The lowest BCUT2D eigenvalue weighted by atomic mass is 9.93. The second-order valence-electron chi connectivity index (χ2n) is 5.93. The van der Waals surface area contributed by atoms with Crippen LogP contribution in [0.25, 0.3) is 21.5 Å². The standard InChI is InChI=1S/C22H19N/c1-23-19-12-10-16(11-13-19)14-18-15-17-6-2-3-7-20(17)22-9-5-4-8-21(18)22/h2-13,15,23H,14H2,1H3. The van der Waals surface area contributed by atoms with Crippen molar-refractivity contribution in [3.8, 4) is 0 Å². The van der Waals surface area contributed by atoms with Crippen molar-refractivity contribution < 1.29 is 0 Å². The smallest absolute Gasteiger partial charge is 0.0337 e. The maximum atomic E-state index is 3.17. The molecule has 0 saturated carbocycles. The zero-order valence-corrected chi connectivity index (χ0v) is 13.2. The van der Waals surface area contributed by atoms with E-state index in [0.717, 1.165) is 12.1 Å². The quantitative estimate of drug-likeness (QED) is 0.483. The van der Waals surface area contributed by atoms with Gasteiger partial charge in [-0.1, -0.05) is 66.7 Å². The third-order valence-corrected chi connectivity index (χ3v) is 4.49. The first-order chi connectivity index (χ1) is 11.3. The molecule has 0 aliphatic rings. The van der Waals surface area contributed by atoms with Gasteiger partial charge in [-0.15, -0.1) is 0 Å². The third kappa shape index (κ3) is 2.55. The van der Waals surface area contributed by atoms with Crippen molar-refractivity contribution in [2.75, 3.05) is 12.4 Å². The molecule has 1 nitrogen and oxygen atoms in total. The Bertz CT molecular complexity index is 968. The van der Waals surface area contributed by atoms with E-state index in [0.29, 0.717) is 0 Å². The molecule has 0 atom stereocenters. The molecule has 0 heterocycles. The molecule has 0 unspecified atom stereocenters. The Morgan fingerprint density at radius 2 is 1.35 bits per heavy atom. The van der Waals surface area contributed by atoms with Crippen LogP contribution in [0.1, 0.15) is 11.1 Å². The van der Waals surface area contributed by atoms with E-state index < -0.39 is 0 Å². The SMILES string of the molecule is CNc1ccc(Cc2cc3ccccc3c3ccccc23)cc1. The van der Waals surface area contributed by atoms with Crippen molar-refractivity contribution in [3.63, 3.8) is 0 Å². The number of anilines is 1. The van der Waals surface area contributed by atoms with Crippen LogP contribution in [0.5, 0.6) is 0 Å². The van der Waals surface area contributed by atoms with Gasteiger partial charge in [0.15, 0.2) is 0 Å². The van der Waals surface area contributed by atoms with Crippen molar-refractivity contribution in [1.29, 1.82) is 0 Å². The summed E-state index contributed by atoms with van der Waals surface area (Å²) in [5.41, 5.74) is 3.87.